The largest absolute Gasteiger partial charge is 0.469 e. The molecule has 2 heterocycles. The Morgan fingerprint density at radius 2 is 0.914 bits per heavy atom. The first kappa shape index (κ1) is 25.5. The fraction of sp³-hybridized carbons (Fsp3) is 0.548. The lowest BCUT2D eigenvalue weighted by atomic mass is 9.77. The van der Waals surface area contributed by atoms with Gasteiger partial charge in [0.2, 0.25) is 11.8 Å². The van der Waals surface area contributed by atoms with Crippen LogP contribution in [-0.2, 0) is 9.47 Å². The smallest absolute Gasteiger partial charge is 0.217 e. The van der Waals surface area contributed by atoms with Crippen LogP contribution in [0, 0.1) is 0 Å². The first-order chi connectivity index (χ1) is 17.1. The molecule has 2 aliphatic rings. The minimum absolute atomic E-state index is 0.0677. The molecule has 2 aliphatic heterocycles. The molecular weight excluding hydrogens is 432 g/mol. The van der Waals surface area contributed by atoms with Crippen LogP contribution in [0.3, 0.4) is 0 Å². The highest BCUT2D eigenvalue weighted by molar-refractivity contribution is 5.96. The van der Waals surface area contributed by atoms with E-state index in [9.17, 15) is 0 Å². The van der Waals surface area contributed by atoms with Gasteiger partial charge in [-0.15, -0.1) is 0 Å². The summed E-state index contributed by atoms with van der Waals surface area (Å²) in [4.78, 5) is 10.5. The average molecular weight is 475 g/mol. The predicted octanol–water partition coefficient (Wildman–Crippen LogP) is 7.75. The first-order valence-corrected chi connectivity index (χ1v) is 13.7. The number of rotatable bonds is 12. The summed E-state index contributed by atoms with van der Waals surface area (Å²) in [7, 11) is 0. The standard InChI is InChI=1S/C31H42N2O2/c1-5-19-30(20-6-2)26(32-28(34-30)24-15-11-9-12-16-24)23-27-31(21-7-3,22-8-4)35-29(33-27)25-17-13-10-14-18-25/h9-18,26-27H,5-8,19-23H2,1-4H3/t26-,27-/m1/s1. The Labute approximate surface area is 211 Å². The molecule has 0 bridgehead atoms. The van der Waals surface area contributed by atoms with Crippen LogP contribution in [0.2, 0.25) is 0 Å². The maximum atomic E-state index is 6.80. The van der Waals surface area contributed by atoms with Gasteiger partial charge >= 0.3 is 0 Å². The molecule has 35 heavy (non-hydrogen) atoms. The second-order valence-electron chi connectivity index (χ2n) is 10.2. The lowest BCUT2D eigenvalue weighted by Crippen LogP contribution is -2.47. The highest BCUT2D eigenvalue weighted by atomic mass is 16.5. The molecule has 2 atom stereocenters. The molecule has 0 unspecified atom stereocenters. The van der Waals surface area contributed by atoms with Gasteiger partial charge in [0.25, 0.3) is 0 Å². The van der Waals surface area contributed by atoms with E-state index < -0.39 is 0 Å². The monoisotopic (exact) mass is 474 g/mol. The van der Waals surface area contributed by atoms with Crippen molar-refractivity contribution in [1.82, 2.24) is 0 Å². The summed E-state index contributed by atoms with van der Waals surface area (Å²) >= 11 is 0. The lowest BCUT2D eigenvalue weighted by molar-refractivity contribution is 0.00520. The van der Waals surface area contributed by atoms with Gasteiger partial charge in [-0.25, -0.2) is 9.98 Å². The normalized spacial score (nSPS) is 22.3. The molecule has 4 heteroatoms. The van der Waals surface area contributed by atoms with Gasteiger partial charge in [0, 0.05) is 17.5 Å². The van der Waals surface area contributed by atoms with Gasteiger partial charge < -0.3 is 9.47 Å². The molecule has 4 nitrogen and oxygen atoms in total. The summed E-state index contributed by atoms with van der Waals surface area (Å²) in [5.74, 6) is 1.58. The Morgan fingerprint density at radius 1 is 0.571 bits per heavy atom. The number of hydrogen-bond donors (Lipinski definition) is 0. The number of benzene rings is 2. The number of nitrogens with zero attached hydrogens (tertiary/aromatic N) is 2. The van der Waals surface area contributed by atoms with Gasteiger partial charge in [-0.05, 0) is 49.9 Å². The van der Waals surface area contributed by atoms with Gasteiger partial charge in [-0.3, -0.25) is 0 Å². The fourth-order valence-corrected chi connectivity index (χ4v) is 6.08. The molecule has 0 saturated heterocycles. The Bertz CT molecular complexity index is 906. The van der Waals surface area contributed by atoms with Gasteiger partial charge in [0.05, 0.1) is 12.1 Å². The summed E-state index contributed by atoms with van der Waals surface area (Å²) in [6, 6.07) is 20.9. The van der Waals surface area contributed by atoms with E-state index in [0.29, 0.717) is 0 Å². The summed E-state index contributed by atoms with van der Waals surface area (Å²) in [6.07, 6.45) is 9.15. The van der Waals surface area contributed by atoms with Crippen LogP contribution in [-0.4, -0.2) is 35.1 Å². The number of hydrogen-bond acceptors (Lipinski definition) is 4. The number of aliphatic imine (C=N–C) groups is 2. The molecule has 0 amide bonds. The third-order valence-corrected chi connectivity index (χ3v) is 7.54. The van der Waals surface area contributed by atoms with Crippen LogP contribution in [0.1, 0.15) is 96.6 Å². The van der Waals surface area contributed by atoms with Crippen LogP contribution < -0.4 is 0 Å². The minimum Gasteiger partial charge on any atom is -0.469 e. The van der Waals surface area contributed by atoms with Crippen molar-refractivity contribution in [2.45, 2.75) is 109 Å². The third kappa shape index (κ3) is 5.32. The van der Waals surface area contributed by atoms with Crippen molar-refractivity contribution in [3.05, 3.63) is 71.8 Å². The molecule has 2 aromatic rings. The van der Waals surface area contributed by atoms with E-state index in [2.05, 4.69) is 76.2 Å². The Kier molecular flexibility index (Phi) is 8.30. The number of ether oxygens (including phenoxy) is 2. The van der Waals surface area contributed by atoms with E-state index in [4.69, 9.17) is 19.5 Å². The van der Waals surface area contributed by atoms with Crippen molar-refractivity contribution in [2.75, 3.05) is 0 Å². The summed E-state index contributed by atoms with van der Waals surface area (Å²) in [5, 5.41) is 0. The molecule has 0 N–H and O–H groups in total. The Hall–Kier alpha value is -2.62. The average Bonchev–Trinajstić information content (AvgIpc) is 3.40. The summed E-state index contributed by atoms with van der Waals surface area (Å²) in [6.45, 7) is 9.00. The highest BCUT2D eigenvalue weighted by Gasteiger charge is 2.52. The zero-order chi connectivity index (χ0) is 24.7. The molecule has 0 saturated carbocycles. The van der Waals surface area contributed by atoms with E-state index in [1.54, 1.807) is 0 Å². The van der Waals surface area contributed by atoms with Crippen molar-refractivity contribution in [3.63, 3.8) is 0 Å². The first-order valence-electron chi connectivity index (χ1n) is 13.7. The third-order valence-electron chi connectivity index (χ3n) is 7.54. The molecule has 0 radical (unpaired) electrons. The van der Waals surface area contributed by atoms with Crippen LogP contribution in [0.15, 0.2) is 70.6 Å². The zero-order valence-electron chi connectivity index (χ0n) is 22.0. The van der Waals surface area contributed by atoms with Gasteiger partial charge in [-0.2, -0.15) is 0 Å². The molecule has 0 aliphatic carbocycles. The molecule has 4 rings (SSSR count). The van der Waals surface area contributed by atoms with E-state index in [0.717, 1.165) is 80.7 Å². The quantitative estimate of drug-likeness (QED) is 0.316. The molecule has 2 aromatic carbocycles. The summed E-state index contributed by atoms with van der Waals surface area (Å²) < 4.78 is 13.6. The summed E-state index contributed by atoms with van der Waals surface area (Å²) in [5.41, 5.74) is 1.58. The second-order valence-corrected chi connectivity index (χ2v) is 10.2. The molecule has 0 aromatic heterocycles. The van der Waals surface area contributed by atoms with Gasteiger partial charge in [-0.1, -0.05) is 89.8 Å². The zero-order valence-corrected chi connectivity index (χ0v) is 22.0. The van der Waals surface area contributed by atoms with Gasteiger partial charge in [0.15, 0.2) is 0 Å². The molecule has 0 spiro atoms. The highest BCUT2D eigenvalue weighted by Crippen LogP contribution is 2.44. The molecule has 188 valence electrons. The van der Waals surface area contributed by atoms with Gasteiger partial charge in [0.1, 0.15) is 11.2 Å². The van der Waals surface area contributed by atoms with Crippen molar-refractivity contribution >= 4 is 11.8 Å². The van der Waals surface area contributed by atoms with Crippen molar-refractivity contribution in [2.24, 2.45) is 9.98 Å². The maximum absolute atomic E-state index is 6.80. The van der Waals surface area contributed by atoms with Crippen molar-refractivity contribution < 1.29 is 9.47 Å². The van der Waals surface area contributed by atoms with Crippen LogP contribution >= 0.6 is 0 Å². The van der Waals surface area contributed by atoms with Crippen LogP contribution in [0.4, 0.5) is 0 Å². The molecule has 0 fully saturated rings. The fourth-order valence-electron chi connectivity index (χ4n) is 6.08. The predicted molar refractivity (Wildman–Crippen MR) is 145 cm³/mol. The lowest BCUT2D eigenvalue weighted by Gasteiger charge is -2.38. The maximum Gasteiger partial charge on any atom is 0.217 e. The Balaban J connectivity index is 1.72. The minimum atomic E-state index is -0.274. The van der Waals surface area contributed by atoms with E-state index in [1.165, 1.54) is 0 Å². The van der Waals surface area contributed by atoms with Crippen molar-refractivity contribution in [1.29, 1.82) is 0 Å². The SMILES string of the molecule is CCCC1(CCC)OC(c2ccccc2)=N[C@@H]1C[C@H]1N=C(c2ccccc2)OC1(CCC)CCC. The van der Waals surface area contributed by atoms with Crippen molar-refractivity contribution in [3.8, 4) is 0 Å². The topological polar surface area (TPSA) is 43.2 Å². The second kappa shape index (κ2) is 11.4. The van der Waals surface area contributed by atoms with E-state index in [1.807, 2.05) is 12.1 Å². The van der Waals surface area contributed by atoms with Crippen LogP contribution in [0.25, 0.3) is 0 Å². The van der Waals surface area contributed by atoms with E-state index >= 15 is 0 Å². The Morgan fingerprint density at radius 3 is 1.23 bits per heavy atom. The molecular formula is C31H42N2O2. The van der Waals surface area contributed by atoms with E-state index in [-0.39, 0.29) is 23.3 Å². The van der Waals surface area contributed by atoms with Crippen LogP contribution in [0.5, 0.6) is 0 Å².